The van der Waals surface area contributed by atoms with E-state index in [1.807, 2.05) is 23.8 Å². The number of nitrogens with two attached hydrogens (primary N) is 1. The van der Waals surface area contributed by atoms with E-state index in [1.54, 1.807) is 18.7 Å². The third-order valence-corrected chi connectivity index (χ3v) is 2.59. The maximum absolute atomic E-state index is 5.73. The van der Waals surface area contributed by atoms with E-state index in [-0.39, 0.29) is 6.04 Å². The molecule has 0 aromatic carbocycles. The molecule has 0 fully saturated rings. The lowest BCUT2D eigenvalue weighted by Crippen LogP contribution is -2.22. The minimum Gasteiger partial charge on any atom is -0.397 e. The average molecular weight is 231 g/mol. The van der Waals surface area contributed by atoms with Crippen molar-refractivity contribution < 1.29 is 0 Å². The topological polar surface area (TPSA) is 68.8 Å². The number of nitrogens with one attached hydrogen (secondary N) is 1. The highest BCUT2D eigenvalue weighted by Gasteiger charge is 2.04. The summed E-state index contributed by atoms with van der Waals surface area (Å²) in [7, 11) is 0. The van der Waals surface area contributed by atoms with Crippen LogP contribution >= 0.6 is 0 Å². The first-order chi connectivity index (χ1) is 8.15. The third kappa shape index (κ3) is 2.96. The Bertz CT molecular complexity index is 478. The van der Waals surface area contributed by atoms with Crippen molar-refractivity contribution in [3.63, 3.8) is 0 Å². The summed E-state index contributed by atoms with van der Waals surface area (Å²) < 4.78 is 2.03. The molecule has 0 aliphatic carbocycles. The SMILES string of the molecule is Cc1cc(NC(C)Cn2ccnc2)ncc1N. The highest BCUT2D eigenvalue weighted by Crippen LogP contribution is 2.14. The van der Waals surface area contributed by atoms with Crippen LogP contribution in [0.25, 0.3) is 0 Å². The van der Waals surface area contributed by atoms with Gasteiger partial charge in [-0.15, -0.1) is 0 Å². The smallest absolute Gasteiger partial charge is 0.126 e. The highest BCUT2D eigenvalue weighted by molar-refractivity contribution is 5.51. The van der Waals surface area contributed by atoms with E-state index in [1.165, 1.54) is 0 Å². The Morgan fingerprint density at radius 1 is 1.53 bits per heavy atom. The van der Waals surface area contributed by atoms with Crippen molar-refractivity contribution >= 4 is 11.5 Å². The molecule has 5 heteroatoms. The van der Waals surface area contributed by atoms with E-state index in [9.17, 15) is 0 Å². The summed E-state index contributed by atoms with van der Waals surface area (Å²) in [5, 5.41) is 3.33. The fourth-order valence-corrected chi connectivity index (χ4v) is 1.65. The lowest BCUT2D eigenvalue weighted by atomic mass is 10.2. The van der Waals surface area contributed by atoms with Gasteiger partial charge >= 0.3 is 0 Å². The molecule has 2 aromatic heterocycles. The number of anilines is 2. The molecule has 0 saturated heterocycles. The Hall–Kier alpha value is -2.04. The highest BCUT2D eigenvalue weighted by atomic mass is 15.1. The molecule has 0 aliphatic heterocycles. The van der Waals surface area contributed by atoms with Gasteiger partial charge in [-0.05, 0) is 25.5 Å². The van der Waals surface area contributed by atoms with Crippen molar-refractivity contribution in [3.8, 4) is 0 Å². The van der Waals surface area contributed by atoms with Crippen molar-refractivity contribution in [2.75, 3.05) is 11.1 Å². The van der Waals surface area contributed by atoms with Crippen molar-refractivity contribution in [2.45, 2.75) is 26.4 Å². The van der Waals surface area contributed by atoms with Gasteiger partial charge in [-0.2, -0.15) is 0 Å². The molecule has 0 spiro atoms. The van der Waals surface area contributed by atoms with E-state index >= 15 is 0 Å². The van der Waals surface area contributed by atoms with Crippen LogP contribution < -0.4 is 11.1 Å². The molecule has 2 rings (SSSR count). The van der Waals surface area contributed by atoms with Gasteiger partial charge in [-0.25, -0.2) is 9.97 Å². The van der Waals surface area contributed by atoms with Crippen LogP contribution in [-0.2, 0) is 6.54 Å². The van der Waals surface area contributed by atoms with Gasteiger partial charge in [-0.1, -0.05) is 0 Å². The molecule has 0 bridgehead atoms. The molecule has 0 radical (unpaired) electrons. The predicted molar refractivity (Wildman–Crippen MR) is 68.7 cm³/mol. The van der Waals surface area contributed by atoms with Crippen LogP contribution in [0.1, 0.15) is 12.5 Å². The number of nitrogen functional groups attached to an aromatic ring is 1. The Balaban J connectivity index is 1.98. The molecule has 1 unspecified atom stereocenters. The predicted octanol–water partition coefficient (Wildman–Crippen LogP) is 1.67. The van der Waals surface area contributed by atoms with Gasteiger partial charge in [0.05, 0.1) is 18.2 Å². The summed E-state index contributed by atoms with van der Waals surface area (Å²) in [6.07, 6.45) is 7.21. The van der Waals surface area contributed by atoms with Gasteiger partial charge in [0.1, 0.15) is 5.82 Å². The summed E-state index contributed by atoms with van der Waals surface area (Å²) in [6, 6.07) is 2.24. The summed E-state index contributed by atoms with van der Waals surface area (Å²) in [5.41, 5.74) is 7.49. The number of aryl methyl sites for hydroxylation is 1. The number of imidazole rings is 1. The van der Waals surface area contributed by atoms with E-state index in [0.717, 1.165) is 23.6 Å². The van der Waals surface area contributed by atoms with Gasteiger partial charge in [-0.3, -0.25) is 0 Å². The fraction of sp³-hybridized carbons (Fsp3) is 0.333. The van der Waals surface area contributed by atoms with Crippen LogP contribution in [0.4, 0.5) is 11.5 Å². The molecule has 0 saturated carbocycles. The van der Waals surface area contributed by atoms with Gasteiger partial charge < -0.3 is 15.6 Å². The molecule has 1 atom stereocenters. The Morgan fingerprint density at radius 3 is 3.00 bits per heavy atom. The van der Waals surface area contributed by atoms with Crippen LogP contribution in [0, 0.1) is 6.92 Å². The summed E-state index contributed by atoms with van der Waals surface area (Å²) in [5.74, 6) is 0.851. The maximum Gasteiger partial charge on any atom is 0.126 e. The molecule has 0 amide bonds. The molecule has 5 nitrogen and oxygen atoms in total. The molecule has 17 heavy (non-hydrogen) atoms. The molecule has 0 aliphatic rings. The van der Waals surface area contributed by atoms with Crippen molar-refractivity contribution in [1.29, 1.82) is 0 Å². The third-order valence-electron chi connectivity index (χ3n) is 2.59. The maximum atomic E-state index is 5.73. The van der Waals surface area contributed by atoms with Gasteiger partial charge in [0.15, 0.2) is 0 Å². The first kappa shape index (κ1) is 11.4. The van der Waals surface area contributed by atoms with Gasteiger partial charge in [0.25, 0.3) is 0 Å². The molecule has 2 heterocycles. The Kier molecular flexibility index (Phi) is 3.27. The van der Waals surface area contributed by atoms with E-state index in [0.29, 0.717) is 0 Å². The molecule has 90 valence electrons. The standard InChI is InChI=1S/C12H17N5/c1-9-5-12(15-6-11(9)13)16-10(2)7-17-4-3-14-8-17/h3-6,8,10H,7,13H2,1-2H3,(H,15,16). The molecule has 3 N–H and O–H groups in total. The summed E-state index contributed by atoms with van der Waals surface area (Å²) >= 11 is 0. The number of nitrogens with zero attached hydrogens (tertiary/aromatic N) is 3. The number of pyridine rings is 1. The number of aromatic nitrogens is 3. The fourth-order valence-electron chi connectivity index (χ4n) is 1.65. The van der Waals surface area contributed by atoms with Crippen LogP contribution in [0.15, 0.2) is 31.0 Å². The minimum atomic E-state index is 0.278. The van der Waals surface area contributed by atoms with Crippen LogP contribution in [0.2, 0.25) is 0 Å². The minimum absolute atomic E-state index is 0.278. The summed E-state index contributed by atoms with van der Waals surface area (Å²) in [4.78, 5) is 8.26. The largest absolute Gasteiger partial charge is 0.397 e. The second-order valence-electron chi connectivity index (χ2n) is 4.23. The van der Waals surface area contributed by atoms with Crippen molar-refractivity contribution in [3.05, 3.63) is 36.5 Å². The zero-order chi connectivity index (χ0) is 12.3. The second-order valence-corrected chi connectivity index (χ2v) is 4.23. The zero-order valence-corrected chi connectivity index (χ0v) is 10.1. The first-order valence-corrected chi connectivity index (χ1v) is 5.59. The van der Waals surface area contributed by atoms with E-state index < -0.39 is 0 Å². The molecule has 2 aromatic rings. The second kappa shape index (κ2) is 4.86. The van der Waals surface area contributed by atoms with E-state index in [2.05, 4.69) is 22.2 Å². The molecular weight excluding hydrogens is 214 g/mol. The zero-order valence-electron chi connectivity index (χ0n) is 10.1. The number of hydrogen-bond donors (Lipinski definition) is 2. The Morgan fingerprint density at radius 2 is 2.35 bits per heavy atom. The molecular formula is C12H17N5. The van der Waals surface area contributed by atoms with Gasteiger partial charge in [0, 0.05) is 25.0 Å². The quantitative estimate of drug-likeness (QED) is 0.839. The number of rotatable bonds is 4. The van der Waals surface area contributed by atoms with Gasteiger partial charge in [0.2, 0.25) is 0 Å². The van der Waals surface area contributed by atoms with Crippen LogP contribution in [-0.4, -0.2) is 20.6 Å². The monoisotopic (exact) mass is 231 g/mol. The Labute approximate surface area is 101 Å². The average Bonchev–Trinajstić information content (AvgIpc) is 2.76. The van der Waals surface area contributed by atoms with E-state index in [4.69, 9.17) is 5.73 Å². The lowest BCUT2D eigenvalue weighted by molar-refractivity contribution is 0.617. The normalized spacial score (nSPS) is 12.4. The van der Waals surface area contributed by atoms with Crippen molar-refractivity contribution in [2.24, 2.45) is 0 Å². The van der Waals surface area contributed by atoms with Crippen LogP contribution in [0.3, 0.4) is 0 Å². The summed E-state index contributed by atoms with van der Waals surface area (Å²) in [6.45, 7) is 4.93. The van der Waals surface area contributed by atoms with Crippen LogP contribution in [0.5, 0.6) is 0 Å². The lowest BCUT2D eigenvalue weighted by Gasteiger charge is -2.15. The van der Waals surface area contributed by atoms with Crippen molar-refractivity contribution in [1.82, 2.24) is 14.5 Å². The first-order valence-electron chi connectivity index (χ1n) is 5.59. The number of hydrogen-bond acceptors (Lipinski definition) is 4.